The molecule has 2 fully saturated rings. The van der Waals surface area contributed by atoms with Gasteiger partial charge in [-0.1, -0.05) is 17.7 Å². The largest absolute Gasteiger partial charge is 0.338 e. The summed E-state index contributed by atoms with van der Waals surface area (Å²) in [5, 5.41) is 3.53. The molecule has 20 heavy (non-hydrogen) atoms. The topological polar surface area (TPSA) is 32.3 Å². The molecule has 1 amide bonds. The van der Waals surface area contributed by atoms with Crippen molar-refractivity contribution in [3.63, 3.8) is 0 Å². The second-order valence-electron chi connectivity index (χ2n) is 5.50. The Kier molecular flexibility index (Phi) is 4.57. The molecule has 0 radical (unpaired) electrons. The van der Waals surface area contributed by atoms with Crippen molar-refractivity contribution in [1.82, 2.24) is 10.2 Å². The van der Waals surface area contributed by atoms with Crippen LogP contribution < -0.4 is 5.32 Å². The summed E-state index contributed by atoms with van der Waals surface area (Å²) in [6, 6.07) is 4.35. The van der Waals surface area contributed by atoms with Gasteiger partial charge in [0.15, 0.2) is 0 Å². The Hall–Kier alpha value is -0.840. The van der Waals surface area contributed by atoms with Crippen LogP contribution in [0.25, 0.3) is 0 Å². The lowest BCUT2D eigenvalue weighted by Crippen LogP contribution is -2.33. The Balaban J connectivity index is 0.00000147. The molecule has 3 rings (SSSR count). The van der Waals surface area contributed by atoms with Crippen molar-refractivity contribution in [2.45, 2.75) is 12.8 Å². The first-order valence-electron chi connectivity index (χ1n) is 6.55. The van der Waals surface area contributed by atoms with Gasteiger partial charge in [0.2, 0.25) is 0 Å². The van der Waals surface area contributed by atoms with Crippen molar-refractivity contribution in [2.24, 2.45) is 5.41 Å². The van der Waals surface area contributed by atoms with Crippen molar-refractivity contribution >= 4 is 29.9 Å². The molecular weight excluding hydrogens is 302 g/mol. The van der Waals surface area contributed by atoms with Gasteiger partial charge in [-0.3, -0.25) is 4.79 Å². The fourth-order valence-electron chi connectivity index (χ4n) is 3.11. The van der Waals surface area contributed by atoms with Gasteiger partial charge in [0.05, 0.1) is 10.6 Å². The number of carbonyl (C=O) groups excluding carboxylic acids is 1. The number of nitrogens with zero attached hydrogens (tertiary/aromatic N) is 1. The highest BCUT2D eigenvalue weighted by atomic mass is 35.5. The molecule has 110 valence electrons. The fourth-order valence-corrected chi connectivity index (χ4v) is 3.36. The second-order valence-corrected chi connectivity index (χ2v) is 5.91. The Morgan fingerprint density at radius 2 is 2.20 bits per heavy atom. The molecule has 1 spiro atoms. The van der Waals surface area contributed by atoms with Crippen LogP contribution in [0, 0.1) is 11.2 Å². The lowest BCUT2D eigenvalue weighted by atomic mass is 9.86. The van der Waals surface area contributed by atoms with E-state index in [0.717, 1.165) is 25.9 Å². The van der Waals surface area contributed by atoms with Gasteiger partial charge in [0.1, 0.15) is 5.82 Å². The van der Waals surface area contributed by atoms with E-state index in [-0.39, 0.29) is 34.3 Å². The lowest BCUT2D eigenvalue weighted by molar-refractivity contribution is 0.0771. The maximum Gasteiger partial charge on any atom is 0.258 e. The molecule has 0 saturated carbocycles. The molecule has 1 atom stereocenters. The Labute approximate surface area is 128 Å². The number of rotatable bonds is 1. The van der Waals surface area contributed by atoms with Crippen LogP contribution in [0.4, 0.5) is 4.39 Å². The van der Waals surface area contributed by atoms with E-state index in [1.54, 1.807) is 11.0 Å². The predicted molar refractivity (Wildman–Crippen MR) is 79.1 cm³/mol. The summed E-state index contributed by atoms with van der Waals surface area (Å²) in [4.78, 5) is 14.1. The molecule has 0 bridgehead atoms. The van der Waals surface area contributed by atoms with E-state index >= 15 is 0 Å². The number of hydrogen-bond acceptors (Lipinski definition) is 2. The van der Waals surface area contributed by atoms with Crippen LogP contribution in [0.2, 0.25) is 5.02 Å². The summed E-state index contributed by atoms with van der Waals surface area (Å²) in [6.07, 6.45) is 2.07. The summed E-state index contributed by atoms with van der Waals surface area (Å²) in [6.45, 7) is 3.33. The first-order chi connectivity index (χ1) is 9.11. The van der Waals surface area contributed by atoms with E-state index in [0.29, 0.717) is 13.1 Å². The van der Waals surface area contributed by atoms with Gasteiger partial charge in [-0.05, 0) is 31.5 Å². The van der Waals surface area contributed by atoms with Crippen LogP contribution in [0.3, 0.4) is 0 Å². The lowest BCUT2D eigenvalue weighted by Gasteiger charge is -2.23. The van der Waals surface area contributed by atoms with E-state index in [2.05, 4.69) is 5.32 Å². The van der Waals surface area contributed by atoms with Crippen LogP contribution in [-0.4, -0.2) is 37.0 Å². The van der Waals surface area contributed by atoms with E-state index in [1.165, 1.54) is 12.1 Å². The first-order valence-corrected chi connectivity index (χ1v) is 6.93. The number of nitrogens with one attached hydrogen (secondary N) is 1. The summed E-state index contributed by atoms with van der Waals surface area (Å²) in [7, 11) is 0. The van der Waals surface area contributed by atoms with E-state index in [4.69, 9.17) is 11.6 Å². The zero-order valence-corrected chi connectivity index (χ0v) is 12.6. The molecule has 3 nitrogen and oxygen atoms in total. The molecule has 1 aromatic carbocycles. The molecular formula is C14H17Cl2FN2O. The molecule has 0 aliphatic carbocycles. The number of likely N-dealkylation sites (tertiary alicyclic amines) is 1. The maximum absolute atomic E-state index is 13.8. The summed E-state index contributed by atoms with van der Waals surface area (Å²) < 4.78 is 13.8. The number of carbonyl (C=O) groups is 1. The second kappa shape index (κ2) is 5.88. The normalized spacial score (nSPS) is 25.0. The fraction of sp³-hybridized carbons (Fsp3) is 0.500. The highest BCUT2D eigenvalue weighted by Crippen LogP contribution is 2.37. The molecule has 2 saturated heterocycles. The third-order valence-electron chi connectivity index (χ3n) is 4.23. The minimum absolute atomic E-state index is 0. The van der Waals surface area contributed by atoms with Crippen LogP contribution >= 0.6 is 24.0 Å². The van der Waals surface area contributed by atoms with Gasteiger partial charge in [0.25, 0.3) is 5.91 Å². The highest BCUT2D eigenvalue weighted by molar-refractivity contribution is 6.33. The van der Waals surface area contributed by atoms with E-state index in [1.807, 2.05) is 0 Å². The van der Waals surface area contributed by atoms with Crippen molar-refractivity contribution in [1.29, 1.82) is 0 Å². The van der Waals surface area contributed by atoms with E-state index < -0.39 is 5.82 Å². The first kappa shape index (κ1) is 15.5. The average Bonchev–Trinajstić information content (AvgIpc) is 3.00. The Bertz CT molecular complexity index is 498. The maximum atomic E-state index is 13.8. The van der Waals surface area contributed by atoms with Crippen molar-refractivity contribution < 1.29 is 9.18 Å². The standard InChI is InChI=1S/C14H16ClFN2O.ClH/c15-10-2-1-3-11(16)12(10)13(19)18-7-5-14(9-18)4-6-17-8-14;/h1-3,17H,4-9H2;1H. The molecule has 2 aliphatic rings. The number of halogens is 3. The quantitative estimate of drug-likeness (QED) is 0.863. The smallest absolute Gasteiger partial charge is 0.258 e. The van der Waals surface area contributed by atoms with Crippen molar-refractivity contribution in [3.05, 3.63) is 34.6 Å². The Morgan fingerprint density at radius 1 is 1.40 bits per heavy atom. The molecule has 2 heterocycles. The van der Waals surface area contributed by atoms with Gasteiger partial charge in [0, 0.05) is 25.0 Å². The third-order valence-corrected chi connectivity index (χ3v) is 4.55. The number of benzene rings is 1. The zero-order valence-electron chi connectivity index (χ0n) is 11.0. The minimum Gasteiger partial charge on any atom is -0.338 e. The van der Waals surface area contributed by atoms with Gasteiger partial charge in [-0.2, -0.15) is 0 Å². The molecule has 0 aromatic heterocycles. The molecule has 2 aliphatic heterocycles. The zero-order chi connectivity index (χ0) is 13.5. The van der Waals surface area contributed by atoms with Crippen LogP contribution in [0.1, 0.15) is 23.2 Å². The average molecular weight is 319 g/mol. The minimum atomic E-state index is -0.539. The number of amides is 1. The van der Waals surface area contributed by atoms with Gasteiger partial charge in [-0.25, -0.2) is 4.39 Å². The summed E-state index contributed by atoms with van der Waals surface area (Å²) >= 11 is 5.95. The van der Waals surface area contributed by atoms with Crippen LogP contribution in [0.15, 0.2) is 18.2 Å². The predicted octanol–water partition coefficient (Wildman–Crippen LogP) is 2.73. The molecule has 6 heteroatoms. The third kappa shape index (κ3) is 2.65. The Morgan fingerprint density at radius 3 is 2.85 bits per heavy atom. The van der Waals surface area contributed by atoms with Gasteiger partial charge in [-0.15, -0.1) is 12.4 Å². The summed E-state index contributed by atoms with van der Waals surface area (Å²) in [5.74, 6) is -0.824. The highest BCUT2D eigenvalue weighted by Gasteiger charge is 2.42. The van der Waals surface area contributed by atoms with E-state index in [9.17, 15) is 9.18 Å². The molecule has 1 unspecified atom stereocenters. The van der Waals surface area contributed by atoms with Crippen molar-refractivity contribution in [3.8, 4) is 0 Å². The molecule has 1 N–H and O–H groups in total. The SMILES string of the molecule is Cl.O=C(c1c(F)cccc1Cl)N1CCC2(CCNC2)C1. The monoisotopic (exact) mass is 318 g/mol. The molecule has 1 aromatic rings. The van der Waals surface area contributed by atoms with Gasteiger partial charge >= 0.3 is 0 Å². The van der Waals surface area contributed by atoms with Crippen molar-refractivity contribution in [2.75, 3.05) is 26.2 Å². The number of hydrogen-bond donors (Lipinski definition) is 1. The van der Waals surface area contributed by atoms with Crippen LogP contribution in [0.5, 0.6) is 0 Å². The summed E-state index contributed by atoms with van der Waals surface area (Å²) in [5.41, 5.74) is 0.195. The van der Waals surface area contributed by atoms with Crippen LogP contribution in [-0.2, 0) is 0 Å². The van der Waals surface area contributed by atoms with Gasteiger partial charge < -0.3 is 10.2 Å².